The van der Waals surface area contributed by atoms with E-state index in [0.717, 1.165) is 25.9 Å². The van der Waals surface area contributed by atoms with Gasteiger partial charge in [0.25, 0.3) is 5.91 Å². The molecule has 0 aromatic heterocycles. The highest BCUT2D eigenvalue weighted by Gasteiger charge is 2.24. The molecule has 2 aliphatic heterocycles. The van der Waals surface area contributed by atoms with Crippen molar-refractivity contribution in [2.24, 2.45) is 5.92 Å². The third-order valence-electron chi connectivity index (χ3n) is 4.08. The van der Waals surface area contributed by atoms with E-state index in [1.54, 1.807) is 12.1 Å². The molecule has 2 aliphatic rings. The van der Waals surface area contributed by atoms with Crippen LogP contribution in [0.2, 0.25) is 0 Å². The summed E-state index contributed by atoms with van der Waals surface area (Å²) in [6.45, 7) is 4.03. The molecule has 0 spiro atoms. The first-order valence-electron chi connectivity index (χ1n) is 7.13. The Hall–Kier alpha value is -1.91. The number of carbonyl (C=O) groups is 1. The monoisotopic (exact) mass is 276 g/mol. The van der Waals surface area contributed by atoms with Crippen molar-refractivity contribution in [1.29, 1.82) is 0 Å². The summed E-state index contributed by atoms with van der Waals surface area (Å²) in [5, 5.41) is 0. The summed E-state index contributed by atoms with van der Waals surface area (Å²) in [5.41, 5.74) is 6.96. The number of rotatable bonds is 1. The lowest BCUT2D eigenvalue weighted by Crippen LogP contribution is -2.32. The van der Waals surface area contributed by atoms with Crippen LogP contribution in [-0.4, -0.2) is 30.7 Å². The second-order valence-corrected chi connectivity index (χ2v) is 5.62. The average Bonchev–Trinajstić information content (AvgIpc) is 2.76. The van der Waals surface area contributed by atoms with Crippen LogP contribution in [-0.2, 0) is 0 Å². The number of amides is 1. The smallest absolute Gasteiger partial charge is 0.256 e. The van der Waals surface area contributed by atoms with Crippen LogP contribution in [0.1, 0.15) is 36.5 Å². The van der Waals surface area contributed by atoms with Gasteiger partial charge >= 0.3 is 0 Å². The molecule has 0 saturated carbocycles. The van der Waals surface area contributed by atoms with Gasteiger partial charge in [-0.15, -0.1) is 0 Å². The minimum Gasteiger partial charge on any atom is -0.454 e. The lowest BCUT2D eigenvalue weighted by molar-refractivity contribution is 0.0761. The van der Waals surface area contributed by atoms with Gasteiger partial charge in [0.1, 0.15) is 0 Å². The van der Waals surface area contributed by atoms with Crippen LogP contribution < -0.4 is 15.2 Å². The van der Waals surface area contributed by atoms with Crippen LogP contribution in [0.25, 0.3) is 0 Å². The molecule has 1 unspecified atom stereocenters. The second-order valence-electron chi connectivity index (χ2n) is 5.62. The molecule has 5 heteroatoms. The number of benzene rings is 1. The Labute approximate surface area is 118 Å². The van der Waals surface area contributed by atoms with E-state index in [1.165, 1.54) is 6.42 Å². The largest absolute Gasteiger partial charge is 0.454 e. The molecular formula is C15H20N2O3. The first-order chi connectivity index (χ1) is 9.65. The highest BCUT2D eigenvalue weighted by molar-refractivity contribution is 6.00. The lowest BCUT2D eigenvalue weighted by atomic mass is 10.0. The van der Waals surface area contributed by atoms with Crippen molar-refractivity contribution in [2.45, 2.75) is 26.2 Å². The number of anilines is 1. The van der Waals surface area contributed by atoms with Crippen molar-refractivity contribution in [3.05, 3.63) is 17.7 Å². The molecule has 0 radical (unpaired) electrons. The van der Waals surface area contributed by atoms with Crippen molar-refractivity contribution >= 4 is 11.6 Å². The summed E-state index contributed by atoms with van der Waals surface area (Å²) >= 11 is 0. The molecule has 0 aliphatic carbocycles. The molecule has 108 valence electrons. The zero-order chi connectivity index (χ0) is 14.1. The Bertz CT molecular complexity index is 530. The first-order valence-corrected chi connectivity index (χ1v) is 7.13. The van der Waals surface area contributed by atoms with Crippen LogP contribution in [0.4, 0.5) is 5.69 Å². The summed E-state index contributed by atoms with van der Waals surface area (Å²) in [5.74, 6) is 1.89. The van der Waals surface area contributed by atoms with Gasteiger partial charge in [-0.3, -0.25) is 4.79 Å². The average molecular weight is 276 g/mol. The third kappa shape index (κ3) is 2.40. The quantitative estimate of drug-likeness (QED) is 0.799. The molecule has 1 aromatic carbocycles. The van der Waals surface area contributed by atoms with Crippen LogP contribution in [0.3, 0.4) is 0 Å². The summed E-state index contributed by atoms with van der Waals surface area (Å²) in [4.78, 5) is 14.5. The van der Waals surface area contributed by atoms with E-state index in [4.69, 9.17) is 15.2 Å². The Morgan fingerprint density at radius 3 is 2.80 bits per heavy atom. The first kappa shape index (κ1) is 13.1. The topological polar surface area (TPSA) is 64.8 Å². The summed E-state index contributed by atoms with van der Waals surface area (Å²) < 4.78 is 10.6. The number of likely N-dealkylation sites (tertiary alicyclic amines) is 1. The lowest BCUT2D eigenvalue weighted by Gasteiger charge is -2.21. The van der Waals surface area contributed by atoms with Gasteiger partial charge in [0.05, 0.1) is 5.56 Å². The summed E-state index contributed by atoms with van der Waals surface area (Å²) in [7, 11) is 0. The number of nitrogens with zero attached hydrogens (tertiary/aromatic N) is 1. The molecule has 1 fully saturated rings. The van der Waals surface area contributed by atoms with E-state index in [1.807, 2.05) is 4.90 Å². The van der Waals surface area contributed by atoms with Crippen molar-refractivity contribution in [2.75, 3.05) is 25.6 Å². The number of nitrogens with two attached hydrogens (primary N) is 1. The number of fused-ring (bicyclic) bond motifs is 1. The van der Waals surface area contributed by atoms with Crippen LogP contribution in [0.15, 0.2) is 12.1 Å². The minimum atomic E-state index is -0.00472. The van der Waals surface area contributed by atoms with Gasteiger partial charge in [-0.1, -0.05) is 6.92 Å². The van der Waals surface area contributed by atoms with Gasteiger partial charge in [-0.05, 0) is 31.2 Å². The maximum atomic E-state index is 12.6. The molecule has 0 bridgehead atoms. The SMILES string of the molecule is CC1CCCN(C(=O)c2cc3c(cc2N)OCO3)CC1. The predicted octanol–water partition coefficient (Wildman–Crippen LogP) is 2.26. The molecule has 2 N–H and O–H groups in total. The van der Waals surface area contributed by atoms with E-state index < -0.39 is 0 Å². The van der Waals surface area contributed by atoms with Gasteiger partial charge in [0.15, 0.2) is 11.5 Å². The number of hydrogen-bond donors (Lipinski definition) is 1. The predicted molar refractivity (Wildman–Crippen MR) is 75.9 cm³/mol. The van der Waals surface area contributed by atoms with Gasteiger partial charge in [-0.2, -0.15) is 0 Å². The fourth-order valence-corrected chi connectivity index (χ4v) is 2.78. The Balaban J connectivity index is 1.83. The van der Waals surface area contributed by atoms with E-state index in [9.17, 15) is 4.79 Å². The zero-order valence-corrected chi connectivity index (χ0v) is 11.7. The molecule has 1 aromatic rings. The summed E-state index contributed by atoms with van der Waals surface area (Å²) in [6.07, 6.45) is 3.29. The van der Waals surface area contributed by atoms with Gasteiger partial charge in [0, 0.05) is 24.8 Å². The highest BCUT2D eigenvalue weighted by atomic mass is 16.7. The molecule has 1 amide bonds. The van der Waals surface area contributed by atoms with E-state index >= 15 is 0 Å². The molecule has 2 heterocycles. The third-order valence-corrected chi connectivity index (χ3v) is 4.08. The molecule has 1 saturated heterocycles. The Kier molecular flexibility index (Phi) is 3.42. The minimum absolute atomic E-state index is 0.00472. The number of ether oxygens (including phenoxy) is 2. The standard InChI is InChI=1S/C15H20N2O3/c1-10-3-2-5-17(6-4-10)15(18)11-7-13-14(8-12(11)16)20-9-19-13/h7-8,10H,2-6,9,16H2,1H3. The van der Waals surface area contributed by atoms with Crippen LogP contribution in [0.5, 0.6) is 11.5 Å². The number of nitrogen functional groups attached to an aromatic ring is 1. The van der Waals surface area contributed by atoms with Crippen molar-refractivity contribution in [3.63, 3.8) is 0 Å². The highest BCUT2D eigenvalue weighted by Crippen LogP contribution is 2.36. The van der Waals surface area contributed by atoms with Crippen molar-refractivity contribution in [1.82, 2.24) is 4.90 Å². The van der Waals surface area contributed by atoms with Gasteiger partial charge in [0.2, 0.25) is 6.79 Å². The summed E-state index contributed by atoms with van der Waals surface area (Å²) in [6, 6.07) is 3.38. The number of hydrogen-bond acceptors (Lipinski definition) is 4. The van der Waals surface area contributed by atoms with E-state index in [2.05, 4.69) is 6.92 Å². The van der Waals surface area contributed by atoms with E-state index in [0.29, 0.717) is 28.7 Å². The normalized spacial score (nSPS) is 21.6. The van der Waals surface area contributed by atoms with Gasteiger partial charge < -0.3 is 20.1 Å². The fourth-order valence-electron chi connectivity index (χ4n) is 2.78. The maximum Gasteiger partial charge on any atom is 0.256 e. The van der Waals surface area contributed by atoms with Crippen LogP contribution >= 0.6 is 0 Å². The second kappa shape index (κ2) is 5.23. The molecule has 3 rings (SSSR count). The fraction of sp³-hybridized carbons (Fsp3) is 0.533. The van der Waals surface area contributed by atoms with Crippen molar-refractivity contribution < 1.29 is 14.3 Å². The van der Waals surface area contributed by atoms with Gasteiger partial charge in [-0.25, -0.2) is 0 Å². The van der Waals surface area contributed by atoms with Crippen molar-refractivity contribution in [3.8, 4) is 11.5 Å². The molecule has 20 heavy (non-hydrogen) atoms. The number of carbonyl (C=O) groups excluding carboxylic acids is 1. The molecular weight excluding hydrogens is 256 g/mol. The van der Waals surface area contributed by atoms with Crippen LogP contribution in [0, 0.1) is 5.92 Å². The molecule has 1 atom stereocenters. The Morgan fingerprint density at radius 1 is 1.25 bits per heavy atom. The van der Waals surface area contributed by atoms with E-state index in [-0.39, 0.29) is 12.7 Å². The molecule has 5 nitrogen and oxygen atoms in total. The zero-order valence-electron chi connectivity index (χ0n) is 11.7. The Morgan fingerprint density at radius 2 is 2.00 bits per heavy atom. The maximum absolute atomic E-state index is 12.6.